The fraction of sp³-hybridized carbons (Fsp3) is 0.143. The Morgan fingerprint density at radius 3 is 2.84 bits per heavy atom. The van der Waals surface area contributed by atoms with Crippen molar-refractivity contribution in [1.82, 2.24) is 14.5 Å². The molecule has 1 aromatic carbocycles. The van der Waals surface area contributed by atoms with E-state index in [1.54, 1.807) is 12.4 Å². The number of halogens is 2. The molecule has 19 heavy (non-hydrogen) atoms. The molecule has 0 spiro atoms. The van der Waals surface area contributed by atoms with Gasteiger partial charge in [-0.05, 0) is 30.7 Å². The summed E-state index contributed by atoms with van der Waals surface area (Å²) in [7, 11) is 0. The summed E-state index contributed by atoms with van der Waals surface area (Å²) in [5.74, 6) is 1.08. The van der Waals surface area contributed by atoms with E-state index in [-0.39, 0.29) is 0 Å². The predicted molar refractivity (Wildman–Crippen MR) is 78.2 cm³/mol. The molecular weight excluding hydrogens is 281 g/mol. The Morgan fingerprint density at radius 2 is 2.11 bits per heavy atom. The van der Waals surface area contributed by atoms with E-state index in [0.29, 0.717) is 10.9 Å². The zero-order valence-electron chi connectivity index (χ0n) is 10.3. The number of aromatic nitrogens is 3. The van der Waals surface area contributed by atoms with Crippen molar-refractivity contribution in [2.24, 2.45) is 0 Å². The Balaban J connectivity index is 2.34. The van der Waals surface area contributed by atoms with Gasteiger partial charge in [-0.25, -0.2) is 4.98 Å². The minimum Gasteiger partial charge on any atom is -0.294 e. The average molecular weight is 292 g/mol. The highest BCUT2D eigenvalue weighted by Crippen LogP contribution is 2.27. The van der Waals surface area contributed by atoms with Gasteiger partial charge in [0.2, 0.25) is 0 Å². The van der Waals surface area contributed by atoms with Crippen LogP contribution < -0.4 is 0 Å². The molecule has 0 aliphatic carbocycles. The van der Waals surface area contributed by atoms with Crippen molar-refractivity contribution >= 4 is 34.2 Å². The second-order valence-corrected chi connectivity index (χ2v) is 4.99. The van der Waals surface area contributed by atoms with Gasteiger partial charge in [0.25, 0.3) is 0 Å². The third-order valence-electron chi connectivity index (χ3n) is 2.99. The number of rotatable bonds is 2. The topological polar surface area (TPSA) is 30.7 Å². The third-order valence-corrected chi connectivity index (χ3v) is 3.53. The molecule has 0 saturated carbocycles. The van der Waals surface area contributed by atoms with Crippen LogP contribution in [0.15, 0.2) is 36.7 Å². The van der Waals surface area contributed by atoms with E-state index in [1.165, 1.54) is 0 Å². The Bertz CT molecular complexity index is 750. The van der Waals surface area contributed by atoms with Gasteiger partial charge in [-0.3, -0.25) is 9.55 Å². The molecule has 3 rings (SSSR count). The van der Waals surface area contributed by atoms with Crippen molar-refractivity contribution in [3.05, 3.63) is 53.1 Å². The highest BCUT2D eigenvalue weighted by Gasteiger charge is 2.13. The smallest absolute Gasteiger partial charge is 0.129 e. The maximum atomic E-state index is 6.34. The summed E-state index contributed by atoms with van der Waals surface area (Å²) in [4.78, 5) is 8.56. The number of imidazole rings is 1. The number of hydrogen-bond donors (Lipinski definition) is 0. The molecule has 0 aliphatic rings. The predicted octanol–water partition coefficient (Wildman–Crippen LogP) is 4.12. The number of hydrogen-bond acceptors (Lipinski definition) is 2. The number of fused-ring (bicyclic) bond motifs is 1. The Morgan fingerprint density at radius 1 is 1.26 bits per heavy atom. The van der Waals surface area contributed by atoms with Gasteiger partial charge >= 0.3 is 0 Å². The molecular formula is C14H11Cl2N3. The molecule has 0 unspecified atom stereocenters. The van der Waals surface area contributed by atoms with Crippen molar-refractivity contribution in [3.8, 4) is 5.69 Å². The van der Waals surface area contributed by atoms with Crippen LogP contribution in [0, 0.1) is 6.92 Å². The van der Waals surface area contributed by atoms with Gasteiger partial charge in [-0.1, -0.05) is 17.7 Å². The second-order valence-electron chi connectivity index (χ2n) is 4.32. The Labute approximate surface area is 120 Å². The summed E-state index contributed by atoms with van der Waals surface area (Å²) in [6.07, 6.45) is 3.46. The molecule has 0 saturated heterocycles. The quantitative estimate of drug-likeness (QED) is 0.665. The lowest BCUT2D eigenvalue weighted by Crippen LogP contribution is -2.00. The van der Waals surface area contributed by atoms with E-state index in [2.05, 4.69) is 9.97 Å². The van der Waals surface area contributed by atoms with E-state index in [9.17, 15) is 0 Å². The van der Waals surface area contributed by atoms with Crippen molar-refractivity contribution in [2.45, 2.75) is 12.8 Å². The summed E-state index contributed by atoms with van der Waals surface area (Å²) >= 11 is 12.3. The molecule has 0 bridgehead atoms. The summed E-state index contributed by atoms with van der Waals surface area (Å²) in [6.45, 7) is 2.01. The first-order chi connectivity index (χ1) is 9.20. The van der Waals surface area contributed by atoms with E-state index in [4.69, 9.17) is 23.2 Å². The van der Waals surface area contributed by atoms with Crippen LogP contribution in [-0.2, 0) is 5.88 Å². The van der Waals surface area contributed by atoms with Gasteiger partial charge in [-0.2, -0.15) is 0 Å². The fourth-order valence-electron chi connectivity index (χ4n) is 2.13. The molecule has 96 valence electrons. The second kappa shape index (κ2) is 4.83. The van der Waals surface area contributed by atoms with Crippen LogP contribution in [0.25, 0.3) is 16.7 Å². The Kier molecular flexibility index (Phi) is 3.17. The average Bonchev–Trinajstić information content (AvgIpc) is 2.77. The lowest BCUT2D eigenvalue weighted by Gasteiger charge is -2.10. The normalized spacial score (nSPS) is 11.1. The van der Waals surface area contributed by atoms with E-state index < -0.39 is 0 Å². The molecule has 5 heteroatoms. The summed E-state index contributed by atoms with van der Waals surface area (Å²) in [6, 6.07) is 7.85. The summed E-state index contributed by atoms with van der Waals surface area (Å²) in [5, 5.41) is 0.683. The minimum atomic E-state index is 0.318. The van der Waals surface area contributed by atoms with Crippen LogP contribution in [0.5, 0.6) is 0 Å². The standard InChI is InChI=1S/C14H11Cl2N3/c1-9-2-3-12(10(16)6-9)19-13-4-5-17-8-11(13)18-14(19)7-15/h2-6,8H,7H2,1H3. The number of pyridine rings is 1. The maximum Gasteiger partial charge on any atom is 0.129 e. The monoisotopic (exact) mass is 291 g/mol. The van der Waals surface area contributed by atoms with Gasteiger partial charge in [0.1, 0.15) is 11.3 Å². The van der Waals surface area contributed by atoms with Crippen LogP contribution in [0.4, 0.5) is 0 Å². The van der Waals surface area contributed by atoms with Crippen molar-refractivity contribution in [3.63, 3.8) is 0 Å². The Hall–Kier alpha value is -1.58. The lowest BCUT2D eigenvalue weighted by atomic mass is 10.2. The van der Waals surface area contributed by atoms with Crippen LogP contribution >= 0.6 is 23.2 Å². The molecule has 2 aromatic heterocycles. The van der Waals surface area contributed by atoms with Gasteiger partial charge in [0.05, 0.1) is 28.3 Å². The minimum absolute atomic E-state index is 0.318. The van der Waals surface area contributed by atoms with Crippen molar-refractivity contribution < 1.29 is 0 Å². The van der Waals surface area contributed by atoms with E-state index in [1.807, 2.05) is 35.8 Å². The summed E-state index contributed by atoms with van der Waals surface area (Å²) in [5.41, 5.74) is 3.77. The van der Waals surface area contributed by atoms with Gasteiger partial charge in [0, 0.05) is 6.20 Å². The zero-order valence-corrected chi connectivity index (χ0v) is 11.8. The number of aryl methyl sites for hydroxylation is 1. The molecule has 0 N–H and O–H groups in total. The van der Waals surface area contributed by atoms with Crippen LogP contribution in [0.1, 0.15) is 11.4 Å². The number of benzene rings is 1. The van der Waals surface area contributed by atoms with Crippen LogP contribution in [0.2, 0.25) is 5.02 Å². The first-order valence-corrected chi connectivity index (χ1v) is 6.76. The molecule has 0 aliphatic heterocycles. The molecule has 2 heterocycles. The van der Waals surface area contributed by atoms with Gasteiger partial charge in [0.15, 0.2) is 0 Å². The van der Waals surface area contributed by atoms with Crippen LogP contribution in [-0.4, -0.2) is 14.5 Å². The molecule has 3 aromatic rings. The van der Waals surface area contributed by atoms with Crippen molar-refractivity contribution in [1.29, 1.82) is 0 Å². The third kappa shape index (κ3) is 2.09. The first-order valence-electron chi connectivity index (χ1n) is 5.84. The fourth-order valence-corrected chi connectivity index (χ4v) is 2.63. The highest BCUT2D eigenvalue weighted by molar-refractivity contribution is 6.32. The highest BCUT2D eigenvalue weighted by atomic mass is 35.5. The van der Waals surface area contributed by atoms with Gasteiger partial charge < -0.3 is 0 Å². The SMILES string of the molecule is Cc1ccc(-n2c(CCl)nc3cnccc32)c(Cl)c1. The lowest BCUT2D eigenvalue weighted by molar-refractivity contribution is 0.981. The molecule has 3 nitrogen and oxygen atoms in total. The van der Waals surface area contributed by atoms with E-state index in [0.717, 1.165) is 28.1 Å². The van der Waals surface area contributed by atoms with Gasteiger partial charge in [-0.15, -0.1) is 11.6 Å². The molecule has 0 fully saturated rings. The van der Waals surface area contributed by atoms with E-state index >= 15 is 0 Å². The largest absolute Gasteiger partial charge is 0.294 e. The van der Waals surface area contributed by atoms with Crippen molar-refractivity contribution in [2.75, 3.05) is 0 Å². The van der Waals surface area contributed by atoms with Crippen LogP contribution in [0.3, 0.4) is 0 Å². The first kappa shape index (κ1) is 12.5. The summed E-state index contributed by atoms with van der Waals surface area (Å²) < 4.78 is 1.98. The maximum absolute atomic E-state index is 6.34. The zero-order chi connectivity index (χ0) is 13.4. The number of alkyl halides is 1. The molecule has 0 radical (unpaired) electrons. The molecule has 0 atom stereocenters. The number of nitrogens with zero attached hydrogens (tertiary/aromatic N) is 3. The molecule has 0 amide bonds.